The first kappa shape index (κ1) is 10.0. The van der Waals surface area contributed by atoms with Crippen molar-refractivity contribution in [2.75, 3.05) is 18.0 Å². The van der Waals surface area contributed by atoms with Crippen LogP contribution in [0.4, 0.5) is 10.5 Å². The summed E-state index contributed by atoms with van der Waals surface area (Å²) >= 11 is 0. The van der Waals surface area contributed by atoms with Crippen molar-refractivity contribution >= 4 is 11.7 Å². The molecule has 80 valence electrons. The van der Waals surface area contributed by atoms with E-state index in [1.54, 1.807) is 0 Å². The number of carbonyl (C=O) groups excluding carboxylic acids is 1. The Bertz CT molecular complexity index is 324. The minimum absolute atomic E-state index is 0.0286. The molecule has 0 radical (unpaired) electrons. The van der Waals surface area contributed by atoms with Crippen molar-refractivity contribution in [2.24, 2.45) is 0 Å². The van der Waals surface area contributed by atoms with E-state index >= 15 is 0 Å². The number of hydrogen-bond donors (Lipinski definition) is 1. The van der Waals surface area contributed by atoms with Crippen LogP contribution < -0.4 is 10.2 Å². The van der Waals surface area contributed by atoms with Crippen LogP contribution in [0.5, 0.6) is 0 Å². The largest absolute Gasteiger partial charge is 0.338 e. The summed E-state index contributed by atoms with van der Waals surface area (Å²) in [5.74, 6) is 0. The molecule has 1 heterocycles. The Balaban J connectivity index is 2.14. The van der Waals surface area contributed by atoms with Crippen molar-refractivity contribution in [3.8, 4) is 0 Å². The van der Waals surface area contributed by atoms with Crippen LogP contribution in [-0.4, -0.2) is 19.1 Å². The minimum Gasteiger partial charge on any atom is -0.338 e. The van der Waals surface area contributed by atoms with E-state index < -0.39 is 0 Å². The fraction of sp³-hybridized carbons (Fsp3) is 0.417. The second-order valence-electron chi connectivity index (χ2n) is 3.78. The van der Waals surface area contributed by atoms with Crippen LogP contribution >= 0.6 is 0 Å². The molecule has 0 unspecified atom stereocenters. The lowest BCUT2D eigenvalue weighted by atomic mass is 10.2. The minimum atomic E-state index is 0.0286. The van der Waals surface area contributed by atoms with Gasteiger partial charge in [0.1, 0.15) is 0 Å². The lowest BCUT2D eigenvalue weighted by Gasteiger charge is -2.25. The van der Waals surface area contributed by atoms with Gasteiger partial charge >= 0.3 is 6.03 Å². The number of amides is 2. The van der Waals surface area contributed by atoms with Crippen LogP contribution in [0.3, 0.4) is 0 Å². The Hall–Kier alpha value is -1.51. The average Bonchev–Trinajstić information content (AvgIpc) is 2.25. The Morgan fingerprint density at radius 2 is 1.87 bits per heavy atom. The third-order valence-corrected chi connectivity index (χ3v) is 2.65. The highest BCUT2D eigenvalue weighted by Crippen LogP contribution is 2.15. The van der Waals surface area contributed by atoms with Gasteiger partial charge in [-0.25, -0.2) is 4.79 Å². The monoisotopic (exact) mass is 204 g/mol. The highest BCUT2D eigenvalue weighted by Gasteiger charge is 2.15. The first-order valence-electron chi connectivity index (χ1n) is 5.48. The third kappa shape index (κ3) is 2.49. The van der Waals surface area contributed by atoms with Gasteiger partial charge in [0.2, 0.25) is 0 Å². The van der Waals surface area contributed by atoms with Gasteiger partial charge in [-0.3, -0.25) is 4.90 Å². The van der Waals surface area contributed by atoms with E-state index in [1.165, 1.54) is 6.42 Å². The van der Waals surface area contributed by atoms with Crippen LogP contribution in [0.2, 0.25) is 0 Å². The zero-order chi connectivity index (χ0) is 10.5. The van der Waals surface area contributed by atoms with Gasteiger partial charge in [-0.15, -0.1) is 0 Å². The van der Waals surface area contributed by atoms with E-state index in [0.717, 1.165) is 31.6 Å². The molecular formula is C12H16N2O. The Kier molecular flexibility index (Phi) is 3.22. The normalized spacial score (nSPS) is 17.9. The third-order valence-electron chi connectivity index (χ3n) is 2.65. The van der Waals surface area contributed by atoms with Crippen LogP contribution in [0, 0.1) is 0 Å². The summed E-state index contributed by atoms with van der Waals surface area (Å²) in [6.07, 6.45) is 3.36. The molecule has 1 saturated heterocycles. The molecule has 3 nitrogen and oxygen atoms in total. The van der Waals surface area contributed by atoms with Crippen molar-refractivity contribution in [1.29, 1.82) is 0 Å². The summed E-state index contributed by atoms with van der Waals surface area (Å²) in [4.78, 5) is 13.6. The second-order valence-corrected chi connectivity index (χ2v) is 3.78. The Morgan fingerprint density at radius 1 is 1.07 bits per heavy atom. The second kappa shape index (κ2) is 4.82. The molecule has 1 N–H and O–H groups in total. The van der Waals surface area contributed by atoms with Crippen molar-refractivity contribution in [1.82, 2.24) is 5.32 Å². The molecule has 0 saturated carbocycles. The Labute approximate surface area is 90.1 Å². The molecular weight excluding hydrogens is 188 g/mol. The van der Waals surface area contributed by atoms with E-state index in [0.29, 0.717) is 0 Å². The molecule has 1 aromatic rings. The average molecular weight is 204 g/mol. The molecule has 2 amide bonds. The SMILES string of the molecule is O=C1NCCCCCN1c1ccccc1. The molecule has 2 rings (SSSR count). The summed E-state index contributed by atoms with van der Waals surface area (Å²) in [5, 5.41) is 2.92. The van der Waals surface area contributed by atoms with Crippen LogP contribution in [0.1, 0.15) is 19.3 Å². The van der Waals surface area contributed by atoms with E-state index in [1.807, 2.05) is 35.2 Å². The molecule has 0 bridgehead atoms. The number of carbonyl (C=O) groups is 1. The van der Waals surface area contributed by atoms with E-state index in [2.05, 4.69) is 5.32 Å². The predicted molar refractivity (Wildman–Crippen MR) is 61.0 cm³/mol. The standard InChI is InChI=1S/C12H16N2O/c15-12-13-9-5-2-6-10-14(12)11-7-3-1-4-8-11/h1,3-4,7-8H,2,5-6,9-10H2,(H,13,15). The highest BCUT2D eigenvalue weighted by atomic mass is 16.2. The number of nitrogens with zero attached hydrogens (tertiary/aromatic N) is 1. The molecule has 1 aromatic carbocycles. The summed E-state index contributed by atoms with van der Waals surface area (Å²) in [6, 6.07) is 9.86. The molecule has 0 aliphatic carbocycles. The van der Waals surface area contributed by atoms with Gasteiger partial charge in [0.05, 0.1) is 0 Å². The number of rotatable bonds is 1. The van der Waals surface area contributed by atoms with E-state index in [-0.39, 0.29) is 6.03 Å². The van der Waals surface area contributed by atoms with Gasteiger partial charge in [-0.1, -0.05) is 18.2 Å². The van der Waals surface area contributed by atoms with Crippen LogP contribution in [-0.2, 0) is 0 Å². The van der Waals surface area contributed by atoms with Crippen molar-refractivity contribution < 1.29 is 4.79 Å². The van der Waals surface area contributed by atoms with Crippen LogP contribution in [0.15, 0.2) is 30.3 Å². The number of anilines is 1. The van der Waals surface area contributed by atoms with E-state index in [4.69, 9.17) is 0 Å². The lowest BCUT2D eigenvalue weighted by molar-refractivity contribution is 0.244. The molecule has 1 aliphatic rings. The van der Waals surface area contributed by atoms with Crippen LogP contribution in [0.25, 0.3) is 0 Å². The zero-order valence-corrected chi connectivity index (χ0v) is 8.78. The van der Waals surface area contributed by atoms with Gasteiger partial charge in [-0.05, 0) is 31.4 Å². The number of urea groups is 1. The maximum atomic E-state index is 11.8. The van der Waals surface area contributed by atoms with Gasteiger partial charge < -0.3 is 5.32 Å². The zero-order valence-electron chi connectivity index (χ0n) is 8.78. The highest BCUT2D eigenvalue weighted by molar-refractivity contribution is 5.91. The molecule has 0 atom stereocenters. The summed E-state index contributed by atoms with van der Waals surface area (Å²) in [7, 11) is 0. The number of benzene rings is 1. The topological polar surface area (TPSA) is 32.3 Å². The van der Waals surface area contributed by atoms with Gasteiger partial charge in [0.25, 0.3) is 0 Å². The summed E-state index contributed by atoms with van der Waals surface area (Å²) in [6.45, 7) is 1.61. The van der Waals surface area contributed by atoms with Gasteiger partial charge in [0.15, 0.2) is 0 Å². The number of para-hydroxylation sites is 1. The van der Waals surface area contributed by atoms with Crippen molar-refractivity contribution in [3.63, 3.8) is 0 Å². The Morgan fingerprint density at radius 3 is 2.67 bits per heavy atom. The molecule has 0 aromatic heterocycles. The summed E-state index contributed by atoms with van der Waals surface area (Å²) in [5.41, 5.74) is 0.983. The molecule has 0 spiro atoms. The van der Waals surface area contributed by atoms with Crippen molar-refractivity contribution in [3.05, 3.63) is 30.3 Å². The predicted octanol–water partition coefficient (Wildman–Crippen LogP) is 2.39. The molecule has 1 aliphatic heterocycles. The quantitative estimate of drug-likeness (QED) is 0.748. The maximum Gasteiger partial charge on any atom is 0.321 e. The molecule has 15 heavy (non-hydrogen) atoms. The summed E-state index contributed by atoms with van der Waals surface area (Å²) < 4.78 is 0. The fourth-order valence-electron chi connectivity index (χ4n) is 1.82. The van der Waals surface area contributed by atoms with Gasteiger partial charge in [0, 0.05) is 18.8 Å². The lowest BCUT2D eigenvalue weighted by Crippen LogP contribution is -2.42. The smallest absolute Gasteiger partial charge is 0.321 e. The number of nitrogens with one attached hydrogen (secondary N) is 1. The van der Waals surface area contributed by atoms with E-state index in [9.17, 15) is 4.79 Å². The number of hydrogen-bond acceptors (Lipinski definition) is 1. The molecule has 3 heteroatoms. The van der Waals surface area contributed by atoms with Gasteiger partial charge in [-0.2, -0.15) is 0 Å². The fourth-order valence-corrected chi connectivity index (χ4v) is 1.82. The maximum absolute atomic E-state index is 11.8. The molecule has 1 fully saturated rings. The first-order chi connectivity index (χ1) is 7.38. The van der Waals surface area contributed by atoms with Crippen molar-refractivity contribution in [2.45, 2.75) is 19.3 Å². The first-order valence-corrected chi connectivity index (χ1v) is 5.48.